The molecule has 0 aliphatic heterocycles. The molecule has 4 aromatic rings. The normalized spacial score (nSPS) is 18.1. The lowest BCUT2D eigenvalue weighted by Gasteiger charge is -2.27. The summed E-state index contributed by atoms with van der Waals surface area (Å²) in [7, 11) is 0. The maximum Gasteiger partial charge on any atom is 0.217 e. The van der Waals surface area contributed by atoms with Crippen molar-refractivity contribution in [2.45, 2.75) is 51.9 Å². The van der Waals surface area contributed by atoms with Crippen LogP contribution >= 0.6 is 0 Å². The summed E-state index contributed by atoms with van der Waals surface area (Å²) in [6, 6.07) is 11.9. The highest BCUT2D eigenvalue weighted by molar-refractivity contribution is 5.94. The van der Waals surface area contributed by atoms with Crippen molar-refractivity contribution < 1.29 is 4.79 Å². The molecule has 0 radical (unpaired) electrons. The maximum atomic E-state index is 13.0. The number of carbonyl (C=O) groups excluding carboxylic acids is 1. The van der Waals surface area contributed by atoms with Crippen molar-refractivity contribution in [1.29, 1.82) is 0 Å². The predicted octanol–water partition coefficient (Wildman–Crippen LogP) is 4.43. The largest absolute Gasteiger partial charge is 0.290 e. The number of hydrogen-bond donors (Lipinski definition) is 2. The van der Waals surface area contributed by atoms with E-state index in [9.17, 15) is 4.79 Å². The maximum absolute atomic E-state index is 13.0. The summed E-state index contributed by atoms with van der Waals surface area (Å²) in [6.45, 7) is 2.21. The molecule has 2 N–H and O–H groups in total. The standard InChI is InChI=1S/C25H28N8O/c1-2-5-16-6-3-7-19(14-16)23(34)25-27-21(28-29-25)15-17-9-11-18(12-10-17)22-20(8-4-13-26-22)24-30-32-33-31-24/h4,8-13,16,19H,2-3,5-7,14-15H2,1H3,(H,27,28,29)(H,30,31,32,33). The van der Waals surface area contributed by atoms with Gasteiger partial charge in [-0.05, 0) is 41.7 Å². The highest BCUT2D eigenvalue weighted by Crippen LogP contribution is 2.33. The zero-order chi connectivity index (χ0) is 23.3. The summed E-state index contributed by atoms with van der Waals surface area (Å²) in [5.41, 5.74) is 3.62. The second-order valence-corrected chi connectivity index (χ2v) is 9.00. The number of aromatic nitrogens is 8. The third kappa shape index (κ3) is 4.78. The zero-order valence-corrected chi connectivity index (χ0v) is 19.2. The second kappa shape index (κ2) is 10.0. The second-order valence-electron chi connectivity index (χ2n) is 9.00. The van der Waals surface area contributed by atoms with Gasteiger partial charge in [0.15, 0.2) is 0 Å². The number of carbonyl (C=O) groups is 1. The molecule has 9 heteroatoms. The third-order valence-electron chi connectivity index (χ3n) is 6.60. The van der Waals surface area contributed by atoms with Crippen molar-refractivity contribution in [1.82, 2.24) is 40.8 Å². The van der Waals surface area contributed by atoms with Crippen molar-refractivity contribution in [3.05, 3.63) is 59.8 Å². The Labute approximate surface area is 197 Å². The summed E-state index contributed by atoms with van der Waals surface area (Å²) in [5, 5.41) is 21.5. The number of H-pyrrole nitrogens is 2. The molecule has 1 aliphatic carbocycles. The van der Waals surface area contributed by atoms with Crippen molar-refractivity contribution in [3.63, 3.8) is 0 Å². The van der Waals surface area contributed by atoms with Gasteiger partial charge in [0.2, 0.25) is 17.4 Å². The minimum atomic E-state index is 0.0556. The Kier molecular flexibility index (Phi) is 6.51. The lowest BCUT2D eigenvalue weighted by molar-refractivity contribution is 0.0849. The molecule has 2 atom stereocenters. The number of benzene rings is 1. The molecule has 0 amide bonds. The van der Waals surface area contributed by atoms with E-state index in [1.807, 2.05) is 36.4 Å². The number of ketones is 1. The zero-order valence-electron chi connectivity index (χ0n) is 19.2. The summed E-state index contributed by atoms with van der Waals surface area (Å²) in [4.78, 5) is 22.0. The summed E-state index contributed by atoms with van der Waals surface area (Å²) in [6.07, 6.45) is 8.97. The van der Waals surface area contributed by atoms with Gasteiger partial charge in [0.25, 0.3) is 0 Å². The van der Waals surface area contributed by atoms with Crippen LogP contribution in [0.3, 0.4) is 0 Å². The van der Waals surface area contributed by atoms with Crippen LogP contribution in [0.4, 0.5) is 0 Å². The Bertz CT molecular complexity index is 1230. The molecule has 34 heavy (non-hydrogen) atoms. The number of tetrazole rings is 1. The number of aromatic amines is 2. The van der Waals surface area contributed by atoms with E-state index in [-0.39, 0.29) is 11.7 Å². The van der Waals surface area contributed by atoms with Crippen LogP contribution in [0.1, 0.15) is 67.5 Å². The monoisotopic (exact) mass is 456 g/mol. The fourth-order valence-electron chi connectivity index (χ4n) is 4.93. The van der Waals surface area contributed by atoms with Gasteiger partial charge in [-0.25, -0.2) is 4.98 Å². The number of Topliss-reactive ketones (excluding diaryl/α,β-unsaturated/α-hetero) is 1. The first-order valence-corrected chi connectivity index (χ1v) is 11.9. The van der Waals surface area contributed by atoms with Crippen LogP contribution in [-0.2, 0) is 6.42 Å². The van der Waals surface area contributed by atoms with E-state index in [0.717, 1.165) is 41.6 Å². The van der Waals surface area contributed by atoms with Crippen LogP contribution < -0.4 is 0 Å². The Hall–Kier alpha value is -3.75. The van der Waals surface area contributed by atoms with E-state index < -0.39 is 0 Å². The molecule has 0 saturated heterocycles. The number of nitrogens with zero attached hydrogens (tertiary/aromatic N) is 6. The van der Waals surface area contributed by atoms with Gasteiger partial charge < -0.3 is 0 Å². The average molecular weight is 457 g/mol. The van der Waals surface area contributed by atoms with Gasteiger partial charge in [-0.2, -0.15) is 10.3 Å². The van der Waals surface area contributed by atoms with Gasteiger partial charge in [-0.3, -0.25) is 14.9 Å². The molecular formula is C25H28N8O. The lowest BCUT2D eigenvalue weighted by atomic mass is 9.77. The van der Waals surface area contributed by atoms with E-state index in [1.54, 1.807) is 6.20 Å². The van der Waals surface area contributed by atoms with Gasteiger partial charge >= 0.3 is 0 Å². The van der Waals surface area contributed by atoms with E-state index >= 15 is 0 Å². The highest BCUT2D eigenvalue weighted by Gasteiger charge is 2.29. The van der Waals surface area contributed by atoms with Crippen LogP contribution in [0.15, 0.2) is 42.6 Å². The van der Waals surface area contributed by atoms with Gasteiger partial charge in [-0.15, -0.1) is 10.2 Å². The molecule has 1 fully saturated rings. The Morgan fingerprint density at radius 1 is 1.12 bits per heavy atom. The minimum Gasteiger partial charge on any atom is -0.290 e. The molecule has 1 aliphatic rings. The Morgan fingerprint density at radius 3 is 2.79 bits per heavy atom. The number of hydrogen-bond acceptors (Lipinski definition) is 7. The molecular weight excluding hydrogens is 428 g/mol. The molecule has 0 spiro atoms. The predicted molar refractivity (Wildman–Crippen MR) is 127 cm³/mol. The van der Waals surface area contributed by atoms with Crippen LogP contribution in [-0.4, -0.2) is 46.6 Å². The molecule has 3 aromatic heterocycles. The SMILES string of the molecule is CCCC1CCCC(C(=O)c2n[nH]c(Cc3ccc(-c4ncccc4-c4nn[nH]n4)cc3)n2)C1. The molecule has 174 valence electrons. The average Bonchev–Trinajstić information content (AvgIpc) is 3.57. The molecule has 1 aromatic carbocycles. The van der Waals surface area contributed by atoms with Crippen molar-refractivity contribution in [3.8, 4) is 22.6 Å². The first-order chi connectivity index (χ1) is 16.7. The number of pyridine rings is 1. The number of nitrogens with one attached hydrogen (secondary N) is 2. The molecule has 0 bridgehead atoms. The van der Waals surface area contributed by atoms with Crippen molar-refractivity contribution in [2.24, 2.45) is 11.8 Å². The van der Waals surface area contributed by atoms with Gasteiger partial charge in [-0.1, -0.05) is 56.9 Å². The molecule has 2 unspecified atom stereocenters. The third-order valence-corrected chi connectivity index (χ3v) is 6.60. The Balaban J connectivity index is 1.27. The quantitative estimate of drug-likeness (QED) is 0.376. The van der Waals surface area contributed by atoms with E-state index in [0.29, 0.717) is 29.8 Å². The first-order valence-electron chi connectivity index (χ1n) is 11.9. The van der Waals surface area contributed by atoms with E-state index in [2.05, 4.69) is 47.7 Å². The van der Waals surface area contributed by atoms with Crippen LogP contribution in [0.5, 0.6) is 0 Å². The fraction of sp³-hybridized carbons (Fsp3) is 0.400. The first kappa shape index (κ1) is 22.1. The molecule has 5 rings (SSSR count). The fourth-order valence-corrected chi connectivity index (χ4v) is 4.93. The van der Waals surface area contributed by atoms with Crippen molar-refractivity contribution >= 4 is 5.78 Å². The summed E-state index contributed by atoms with van der Waals surface area (Å²) < 4.78 is 0. The molecule has 9 nitrogen and oxygen atoms in total. The molecule has 3 heterocycles. The summed E-state index contributed by atoms with van der Waals surface area (Å²) >= 11 is 0. The molecule has 1 saturated carbocycles. The van der Waals surface area contributed by atoms with Crippen LogP contribution in [0, 0.1) is 11.8 Å². The van der Waals surface area contributed by atoms with Crippen LogP contribution in [0.25, 0.3) is 22.6 Å². The van der Waals surface area contributed by atoms with Crippen molar-refractivity contribution in [2.75, 3.05) is 0 Å². The van der Waals surface area contributed by atoms with Gasteiger partial charge in [0.05, 0.1) is 5.69 Å². The van der Waals surface area contributed by atoms with Gasteiger partial charge in [0, 0.05) is 29.7 Å². The van der Waals surface area contributed by atoms with E-state index in [4.69, 9.17) is 0 Å². The topological polar surface area (TPSA) is 126 Å². The Morgan fingerprint density at radius 2 is 2.00 bits per heavy atom. The van der Waals surface area contributed by atoms with Gasteiger partial charge in [0.1, 0.15) is 5.82 Å². The van der Waals surface area contributed by atoms with Crippen LogP contribution in [0.2, 0.25) is 0 Å². The lowest BCUT2D eigenvalue weighted by Crippen LogP contribution is -2.24. The highest BCUT2D eigenvalue weighted by atomic mass is 16.1. The minimum absolute atomic E-state index is 0.0556. The summed E-state index contributed by atoms with van der Waals surface area (Å²) in [5.74, 6) is 2.33. The van der Waals surface area contributed by atoms with E-state index in [1.165, 1.54) is 19.3 Å². The smallest absolute Gasteiger partial charge is 0.217 e. The number of rotatable bonds is 8.